The van der Waals surface area contributed by atoms with Gasteiger partial charge in [0.15, 0.2) is 0 Å². The average molecular weight is 340 g/mol. The number of piperidine rings is 1. The number of likely N-dealkylation sites (tertiary alicyclic amines) is 1. The Labute approximate surface area is 147 Å². The third kappa shape index (κ3) is 4.33. The lowest BCUT2D eigenvalue weighted by molar-refractivity contribution is 0.0635. The number of urea groups is 1. The van der Waals surface area contributed by atoms with Crippen LogP contribution in [0, 0.1) is 12.8 Å². The molecule has 132 valence electrons. The van der Waals surface area contributed by atoms with Crippen molar-refractivity contribution in [1.29, 1.82) is 0 Å². The van der Waals surface area contributed by atoms with E-state index in [1.807, 2.05) is 37.3 Å². The number of aliphatic hydroxyl groups excluding tert-OH is 1. The Kier molecular flexibility index (Phi) is 5.60. The van der Waals surface area contributed by atoms with Crippen LogP contribution >= 0.6 is 0 Å². The van der Waals surface area contributed by atoms with Crippen molar-refractivity contribution < 1.29 is 9.90 Å². The molecule has 2 amide bonds. The van der Waals surface area contributed by atoms with Crippen LogP contribution in [-0.2, 0) is 6.54 Å². The molecule has 2 aromatic heterocycles. The number of hydrogen-bond donors (Lipinski definition) is 2. The molecule has 3 rings (SSSR count). The van der Waals surface area contributed by atoms with E-state index in [1.165, 1.54) is 0 Å². The minimum Gasteiger partial charge on any atom is -0.387 e. The number of amides is 2. The van der Waals surface area contributed by atoms with Gasteiger partial charge < -0.3 is 15.3 Å². The molecule has 3 heterocycles. The van der Waals surface area contributed by atoms with E-state index in [1.54, 1.807) is 17.3 Å². The van der Waals surface area contributed by atoms with Crippen LogP contribution in [0.2, 0.25) is 0 Å². The van der Waals surface area contributed by atoms with E-state index in [4.69, 9.17) is 0 Å². The molecule has 2 aromatic rings. The van der Waals surface area contributed by atoms with Crippen LogP contribution < -0.4 is 5.32 Å². The number of carbonyl (C=O) groups excluding carboxylic acids is 1. The van der Waals surface area contributed by atoms with Crippen molar-refractivity contribution >= 4 is 6.03 Å². The van der Waals surface area contributed by atoms with Gasteiger partial charge in [0.05, 0.1) is 24.0 Å². The summed E-state index contributed by atoms with van der Waals surface area (Å²) < 4.78 is 0. The summed E-state index contributed by atoms with van der Waals surface area (Å²) in [4.78, 5) is 22.7. The predicted octanol–water partition coefficient (Wildman–Crippen LogP) is 2.44. The zero-order valence-electron chi connectivity index (χ0n) is 14.4. The number of nitrogens with one attached hydrogen (secondary N) is 1. The van der Waals surface area contributed by atoms with Crippen LogP contribution in [0.4, 0.5) is 4.79 Å². The standard InChI is InChI=1S/C19H24N4O2/c1-14-5-4-10-21-17(14)13-22-19(25)23-11-7-15(8-12-23)18(24)16-6-2-3-9-20-16/h2-6,9-10,15,18,24H,7-8,11-13H2,1H3,(H,22,25). The van der Waals surface area contributed by atoms with Gasteiger partial charge in [-0.1, -0.05) is 12.1 Å². The Balaban J connectivity index is 1.48. The fourth-order valence-electron chi connectivity index (χ4n) is 3.19. The molecule has 1 fully saturated rings. The second-order valence-electron chi connectivity index (χ2n) is 6.45. The highest BCUT2D eigenvalue weighted by atomic mass is 16.3. The first-order valence-electron chi connectivity index (χ1n) is 8.67. The highest BCUT2D eigenvalue weighted by molar-refractivity contribution is 5.74. The molecular formula is C19H24N4O2. The van der Waals surface area contributed by atoms with Gasteiger partial charge in [0.1, 0.15) is 0 Å². The molecule has 1 unspecified atom stereocenters. The maximum Gasteiger partial charge on any atom is 0.317 e. The van der Waals surface area contributed by atoms with Crippen LogP contribution in [0.1, 0.15) is 35.9 Å². The summed E-state index contributed by atoms with van der Waals surface area (Å²) in [6, 6.07) is 9.37. The van der Waals surface area contributed by atoms with Crippen LogP contribution in [-0.4, -0.2) is 39.1 Å². The Bertz CT molecular complexity index is 700. The molecular weight excluding hydrogens is 316 g/mol. The molecule has 0 bridgehead atoms. The first-order valence-corrected chi connectivity index (χ1v) is 8.67. The smallest absolute Gasteiger partial charge is 0.317 e. The molecule has 1 atom stereocenters. The second-order valence-corrected chi connectivity index (χ2v) is 6.45. The molecule has 0 radical (unpaired) electrons. The van der Waals surface area contributed by atoms with Gasteiger partial charge in [-0.2, -0.15) is 0 Å². The van der Waals surface area contributed by atoms with E-state index in [0.717, 1.165) is 24.1 Å². The summed E-state index contributed by atoms with van der Waals surface area (Å²) in [5, 5.41) is 13.4. The van der Waals surface area contributed by atoms with E-state index in [2.05, 4.69) is 15.3 Å². The van der Waals surface area contributed by atoms with E-state index >= 15 is 0 Å². The van der Waals surface area contributed by atoms with Crippen molar-refractivity contribution in [2.45, 2.75) is 32.4 Å². The number of hydrogen-bond acceptors (Lipinski definition) is 4. The van der Waals surface area contributed by atoms with Gasteiger partial charge >= 0.3 is 6.03 Å². The lowest BCUT2D eigenvalue weighted by Gasteiger charge is -2.34. The minimum absolute atomic E-state index is 0.0733. The van der Waals surface area contributed by atoms with Gasteiger partial charge in [0.25, 0.3) is 0 Å². The second kappa shape index (κ2) is 8.07. The predicted molar refractivity (Wildman–Crippen MR) is 94.7 cm³/mol. The Morgan fingerprint density at radius 1 is 1.24 bits per heavy atom. The van der Waals surface area contributed by atoms with E-state index in [-0.39, 0.29) is 11.9 Å². The maximum absolute atomic E-state index is 12.3. The maximum atomic E-state index is 12.3. The van der Waals surface area contributed by atoms with Crippen molar-refractivity contribution in [2.75, 3.05) is 13.1 Å². The Hall–Kier alpha value is -2.47. The number of carbonyl (C=O) groups is 1. The van der Waals surface area contributed by atoms with Crippen LogP contribution in [0.25, 0.3) is 0 Å². The summed E-state index contributed by atoms with van der Waals surface area (Å²) in [6.07, 6.45) is 4.41. The zero-order valence-corrected chi connectivity index (χ0v) is 14.4. The molecule has 0 aliphatic carbocycles. The minimum atomic E-state index is -0.567. The normalized spacial score (nSPS) is 16.5. The molecule has 2 N–H and O–H groups in total. The van der Waals surface area contributed by atoms with Crippen molar-refractivity contribution in [1.82, 2.24) is 20.2 Å². The first kappa shape index (κ1) is 17.4. The zero-order chi connectivity index (χ0) is 17.6. The third-order valence-electron chi connectivity index (χ3n) is 4.79. The summed E-state index contributed by atoms with van der Waals surface area (Å²) in [5.41, 5.74) is 2.66. The molecule has 0 spiro atoms. The molecule has 0 saturated carbocycles. The third-order valence-corrected chi connectivity index (χ3v) is 4.79. The Morgan fingerprint density at radius 2 is 2.00 bits per heavy atom. The lowest BCUT2D eigenvalue weighted by atomic mass is 9.89. The molecule has 6 nitrogen and oxygen atoms in total. The van der Waals surface area contributed by atoms with E-state index < -0.39 is 6.10 Å². The number of aliphatic hydroxyl groups is 1. The van der Waals surface area contributed by atoms with E-state index in [9.17, 15) is 9.90 Å². The molecule has 0 aromatic carbocycles. The summed E-state index contributed by atoms with van der Waals surface area (Å²) in [7, 11) is 0. The number of pyridine rings is 2. The van der Waals surface area contributed by atoms with Gasteiger partial charge in [0, 0.05) is 25.5 Å². The summed E-state index contributed by atoms with van der Waals surface area (Å²) >= 11 is 0. The number of aryl methyl sites for hydroxylation is 1. The molecule has 1 aliphatic rings. The number of aromatic nitrogens is 2. The van der Waals surface area contributed by atoms with Crippen molar-refractivity contribution in [3.63, 3.8) is 0 Å². The highest BCUT2D eigenvalue weighted by Crippen LogP contribution is 2.29. The van der Waals surface area contributed by atoms with Gasteiger partial charge in [-0.25, -0.2) is 4.79 Å². The van der Waals surface area contributed by atoms with E-state index in [0.29, 0.717) is 25.3 Å². The Morgan fingerprint density at radius 3 is 2.68 bits per heavy atom. The fourth-order valence-corrected chi connectivity index (χ4v) is 3.19. The highest BCUT2D eigenvalue weighted by Gasteiger charge is 2.28. The fraction of sp³-hybridized carbons (Fsp3) is 0.421. The van der Waals surface area contributed by atoms with Crippen molar-refractivity contribution in [3.05, 3.63) is 59.7 Å². The first-order chi connectivity index (χ1) is 12.1. The van der Waals surface area contributed by atoms with Gasteiger partial charge in [0.2, 0.25) is 0 Å². The van der Waals surface area contributed by atoms with Crippen LogP contribution in [0.15, 0.2) is 42.7 Å². The van der Waals surface area contributed by atoms with Gasteiger partial charge in [-0.05, 0) is 49.4 Å². The average Bonchev–Trinajstić information content (AvgIpc) is 2.67. The summed E-state index contributed by atoms with van der Waals surface area (Å²) in [5.74, 6) is 0.136. The number of rotatable bonds is 4. The quantitative estimate of drug-likeness (QED) is 0.896. The molecule has 25 heavy (non-hydrogen) atoms. The van der Waals surface area contributed by atoms with Gasteiger partial charge in [-0.3, -0.25) is 9.97 Å². The largest absolute Gasteiger partial charge is 0.387 e. The van der Waals surface area contributed by atoms with Crippen molar-refractivity contribution in [3.8, 4) is 0 Å². The van der Waals surface area contributed by atoms with Crippen LogP contribution in [0.3, 0.4) is 0 Å². The topological polar surface area (TPSA) is 78.4 Å². The summed E-state index contributed by atoms with van der Waals surface area (Å²) in [6.45, 7) is 3.70. The van der Waals surface area contributed by atoms with Crippen LogP contribution in [0.5, 0.6) is 0 Å². The lowest BCUT2D eigenvalue weighted by Crippen LogP contribution is -2.45. The van der Waals surface area contributed by atoms with Gasteiger partial charge in [-0.15, -0.1) is 0 Å². The molecule has 6 heteroatoms. The SMILES string of the molecule is Cc1cccnc1CNC(=O)N1CCC(C(O)c2ccccn2)CC1. The number of nitrogens with zero attached hydrogens (tertiary/aromatic N) is 3. The molecule has 1 aliphatic heterocycles. The van der Waals surface area contributed by atoms with Crippen molar-refractivity contribution in [2.24, 2.45) is 5.92 Å². The molecule has 1 saturated heterocycles. The monoisotopic (exact) mass is 340 g/mol.